The van der Waals surface area contributed by atoms with E-state index in [0.717, 1.165) is 0 Å². The van der Waals surface area contributed by atoms with Crippen molar-refractivity contribution in [1.82, 2.24) is 0 Å². The van der Waals surface area contributed by atoms with Crippen LogP contribution >= 0.6 is 0 Å². The largest absolute Gasteiger partial charge is 0.459 e. The summed E-state index contributed by atoms with van der Waals surface area (Å²) in [5.74, 6) is -0.139. The van der Waals surface area contributed by atoms with Crippen LogP contribution in [0.1, 0.15) is 98.1 Å². The van der Waals surface area contributed by atoms with Crippen LogP contribution in [-0.4, -0.2) is 24.1 Å². The van der Waals surface area contributed by atoms with Crippen molar-refractivity contribution in [1.29, 1.82) is 0 Å². The van der Waals surface area contributed by atoms with Crippen molar-refractivity contribution in [3.8, 4) is 0 Å². The number of hydrogen-bond acceptors (Lipinski definition) is 4. The van der Waals surface area contributed by atoms with Gasteiger partial charge in [0, 0.05) is 0 Å². The van der Waals surface area contributed by atoms with E-state index in [9.17, 15) is 9.59 Å². The fraction of sp³-hybridized carbons (Fsp3) is 0.481. The van der Waals surface area contributed by atoms with E-state index in [1.54, 1.807) is 0 Å². The molecule has 0 atom stereocenters. The van der Waals surface area contributed by atoms with E-state index in [1.807, 2.05) is 48.5 Å². The molecule has 4 nitrogen and oxygen atoms in total. The third-order valence-electron chi connectivity index (χ3n) is 5.97. The van der Waals surface area contributed by atoms with Crippen molar-refractivity contribution in [2.24, 2.45) is 0 Å². The van der Waals surface area contributed by atoms with E-state index in [4.69, 9.17) is 9.47 Å². The molecular formula is C27H34O4. The zero-order valence-corrected chi connectivity index (χ0v) is 19.3. The van der Waals surface area contributed by atoms with Crippen LogP contribution in [0.5, 0.6) is 0 Å². The fourth-order valence-corrected chi connectivity index (χ4v) is 3.82. The lowest BCUT2D eigenvalue weighted by Crippen LogP contribution is -2.29. The van der Waals surface area contributed by atoms with Gasteiger partial charge in [-0.2, -0.15) is 0 Å². The first-order valence-electron chi connectivity index (χ1n) is 11.3. The van der Waals surface area contributed by atoms with Gasteiger partial charge in [0.05, 0.1) is 11.1 Å². The number of hydrogen-bond donors (Lipinski definition) is 0. The maximum absolute atomic E-state index is 12.5. The molecule has 0 saturated heterocycles. The van der Waals surface area contributed by atoms with Crippen LogP contribution in [0.3, 0.4) is 0 Å². The molecule has 1 aliphatic carbocycles. The van der Waals surface area contributed by atoms with E-state index >= 15 is 0 Å². The maximum Gasteiger partial charge on any atom is 0.338 e. The van der Waals surface area contributed by atoms with Crippen LogP contribution in [0.25, 0.3) is 0 Å². The van der Waals surface area contributed by atoms with E-state index in [1.165, 1.54) is 11.1 Å². The number of carbonyl (C=O) groups excluding carboxylic acids is 2. The molecule has 0 heterocycles. The molecule has 3 rings (SSSR count). The summed E-state index contributed by atoms with van der Waals surface area (Å²) in [7, 11) is 0. The second kappa shape index (κ2) is 9.67. The molecule has 2 aromatic rings. The topological polar surface area (TPSA) is 52.6 Å². The molecule has 0 unspecified atom stereocenters. The highest BCUT2D eigenvalue weighted by molar-refractivity contribution is 5.90. The van der Waals surface area contributed by atoms with Crippen LogP contribution in [0.2, 0.25) is 0 Å². The Kier molecular flexibility index (Phi) is 7.19. The Labute approximate surface area is 186 Å². The summed E-state index contributed by atoms with van der Waals surface area (Å²) in [6.45, 7) is 10.7. The summed E-state index contributed by atoms with van der Waals surface area (Å²) >= 11 is 0. The minimum Gasteiger partial charge on any atom is -0.459 e. The summed E-state index contributed by atoms with van der Waals surface area (Å²) in [5.41, 5.74) is 3.59. The second-order valence-electron chi connectivity index (χ2n) is 9.81. The molecule has 0 aromatic heterocycles. The minimum atomic E-state index is -0.286. The standard InChI is InChI=1S/C27H34O4/c1-18(2)19-6-8-20(9-7-19)25(28)30-23-14-16-24(17-15-23)31-26(29)21-10-12-22(13-11-21)27(3,4)5/h6-13,18,23-24H,14-17H2,1-5H3. The molecule has 1 saturated carbocycles. The summed E-state index contributed by atoms with van der Waals surface area (Å²) in [6.07, 6.45) is 2.56. The van der Waals surface area contributed by atoms with Gasteiger partial charge in [-0.15, -0.1) is 0 Å². The van der Waals surface area contributed by atoms with Crippen molar-refractivity contribution < 1.29 is 19.1 Å². The van der Waals surface area contributed by atoms with Crippen molar-refractivity contribution in [3.05, 3.63) is 70.8 Å². The first kappa shape index (κ1) is 23.1. The van der Waals surface area contributed by atoms with Gasteiger partial charge < -0.3 is 9.47 Å². The Morgan fingerprint density at radius 2 is 1.13 bits per heavy atom. The highest BCUT2D eigenvalue weighted by Crippen LogP contribution is 2.26. The Hall–Kier alpha value is -2.62. The van der Waals surface area contributed by atoms with Crippen LogP contribution in [0.4, 0.5) is 0 Å². The first-order valence-corrected chi connectivity index (χ1v) is 11.3. The molecule has 166 valence electrons. The molecule has 0 radical (unpaired) electrons. The summed E-state index contributed by atoms with van der Waals surface area (Å²) in [5, 5.41) is 0. The Balaban J connectivity index is 1.47. The number of esters is 2. The van der Waals surface area contributed by atoms with Gasteiger partial charge in [0.25, 0.3) is 0 Å². The Morgan fingerprint density at radius 1 is 0.742 bits per heavy atom. The van der Waals surface area contributed by atoms with E-state index in [2.05, 4.69) is 34.6 Å². The Morgan fingerprint density at radius 3 is 1.48 bits per heavy atom. The van der Waals surface area contributed by atoms with Gasteiger partial charge in [0.1, 0.15) is 12.2 Å². The van der Waals surface area contributed by atoms with E-state index in [0.29, 0.717) is 42.7 Å². The van der Waals surface area contributed by atoms with Crippen LogP contribution in [0, 0.1) is 0 Å². The first-order chi connectivity index (χ1) is 14.6. The van der Waals surface area contributed by atoms with E-state index < -0.39 is 0 Å². The highest BCUT2D eigenvalue weighted by atomic mass is 16.6. The van der Waals surface area contributed by atoms with Gasteiger partial charge in [-0.25, -0.2) is 9.59 Å². The van der Waals surface area contributed by atoms with Crippen molar-refractivity contribution in [3.63, 3.8) is 0 Å². The third-order valence-corrected chi connectivity index (χ3v) is 5.97. The van der Waals surface area contributed by atoms with Crippen LogP contribution < -0.4 is 0 Å². The SMILES string of the molecule is CC(C)c1ccc(C(=O)OC2CCC(OC(=O)c3ccc(C(C)(C)C)cc3)CC2)cc1. The van der Waals surface area contributed by atoms with E-state index in [-0.39, 0.29) is 29.6 Å². The van der Waals surface area contributed by atoms with Gasteiger partial charge in [-0.1, -0.05) is 58.9 Å². The second-order valence-corrected chi connectivity index (χ2v) is 9.81. The number of benzene rings is 2. The number of rotatable bonds is 5. The molecule has 0 amide bonds. The van der Waals surface area contributed by atoms with Gasteiger partial charge >= 0.3 is 11.9 Å². The monoisotopic (exact) mass is 422 g/mol. The molecule has 0 aliphatic heterocycles. The predicted molar refractivity (Wildman–Crippen MR) is 123 cm³/mol. The fourth-order valence-electron chi connectivity index (χ4n) is 3.82. The maximum atomic E-state index is 12.5. The zero-order valence-electron chi connectivity index (χ0n) is 19.3. The minimum absolute atomic E-state index is 0.0503. The summed E-state index contributed by atoms with van der Waals surface area (Å²) < 4.78 is 11.4. The van der Waals surface area contributed by atoms with Crippen molar-refractivity contribution >= 4 is 11.9 Å². The molecular weight excluding hydrogens is 388 g/mol. The predicted octanol–water partition coefficient (Wildman–Crippen LogP) is 6.43. The smallest absolute Gasteiger partial charge is 0.338 e. The molecule has 1 fully saturated rings. The molecule has 4 heteroatoms. The van der Waals surface area contributed by atoms with Gasteiger partial charge in [-0.05, 0) is 72.4 Å². The number of carbonyl (C=O) groups is 2. The molecule has 31 heavy (non-hydrogen) atoms. The molecule has 1 aliphatic rings. The molecule has 0 N–H and O–H groups in total. The third kappa shape index (κ3) is 6.19. The summed E-state index contributed by atoms with van der Waals surface area (Å²) in [6, 6.07) is 15.3. The van der Waals surface area contributed by atoms with Crippen LogP contribution in [0.15, 0.2) is 48.5 Å². The average Bonchev–Trinajstić information content (AvgIpc) is 2.74. The lowest BCUT2D eigenvalue weighted by molar-refractivity contribution is -0.0108. The normalized spacial score (nSPS) is 19.2. The molecule has 0 spiro atoms. The van der Waals surface area contributed by atoms with Crippen molar-refractivity contribution in [2.45, 2.75) is 83.8 Å². The van der Waals surface area contributed by atoms with Crippen molar-refractivity contribution in [2.75, 3.05) is 0 Å². The highest BCUT2D eigenvalue weighted by Gasteiger charge is 2.27. The quantitative estimate of drug-likeness (QED) is 0.521. The van der Waals surface area contributed by atoms with Crippen LogP contribution in [-0.2, 0) is 14.9 Å². The van der Waals surface area contributed by atoms with Gasteiger partial charge in [0.2, 0.25) is 0 Å². The lowest BCUT2D eigenvalue weighted by Gasteiger charge is -2.28. The summed E-state index contributed by atoms with van der Waals surface area (Å²) in [4.78, 5) is 24.9. The zero-order chi connectivity index (χ0) is 22.6. The van der Waals surface area contributed by atoms with Gasteiger partial charge in [0.15, 0.2) is 0 Å². The number of ether oxygens (including phenoxy) is 2. The lowest BCUT2D eigenvalue weighted by atomic mass is 9.87. The Bertz CT molecular complexity index is 880. The average molecular weight is 423 g/mol. The molecule has 2 aromatic carbocycles. The van der Waals surface area contributed by atoms with Gasteiger partial charge in [-0.3, -0.25) is 0 Å². The molecule has 0 bridgehead atoms.